The van der Waals surface area contributed by atoms with Gasteiger partial charge in [-0.25, -0.2) is 0 Å². The summed E-state index contributed by atoms with van der Waals surface area (Å²) in [6.45, 7) is 4.18. The fourth-order valence-corrected chi connectivity index (χ4v) is 2.30. The first-order valence-corrected chi connectivity index (χ1v) is 7.63. The number of hydrogen-bond acceptors (Lipinski definition) is 2. The molecule has 1 unspecified atom stereocenters. The van der Waals surface area contributed by atoms with Crippen LogP contribution in [0.2, 0.25) is 0 Å². The Labute approximate surface area is 123 Å². The van der Waals surface area contributed by atoms with Crippen LogP contribution in [0, 0.1) is 0 Å². The maximum Gasteiger partial charge on any atom is 0.255 e. The van der Waals surface area contributed by atoms with Crippen LogP contribution < -0.4 is 5.32 Å². The molecule has 0 spiro atoms. The van der Waals surface area contributed by atoms with Gasteiger partial charge in [-0.1, -0.05) is 48.5 Å². The number of carbonyl (C=O) groups is 1. The second-order valence-corrected chi connectivity index (χ2v) is 5.80. The van der Waals surface area contributed by atoms with Crippen LogP contribution in [0.15, 0.2) is 22.7 Å². The number of unbranched alkanes of at least 4 members (excludes halogenated alkanes) is 3. The van der Waals surface area contributed by atoms with E-state index < -0.39 is 0 Å². The molecule has 0 heterocycles. The van der Waals surface area contributed by atoms with Crippen molar-refractivity contribution in [1.29, 1.82) is 0 Å². The number of benzene rings is 1. The highest BCUT2D eigenvalue weighted by Gasteiger charge is 2.13. The third-order valence-corrected chi connectivity index (χ3v) is 3.56. The largest absolute Gasteiger partial charge is 0.507 e. The lowest BCUT2D eigenvalue weighted by Crippen LogP contribution is -2.32. The first-order valence-electron chi connectivity index (χ1n) is 6.84. The maximum absolute atomic E-state index is 12.0. The van der Waals surface area contributed by atoms with Crippen LogP contribution in [0.4, 0.5) is 0 Å². The Hall–Kier alpha value is -1.03. The van der Waals surface area contributed by atoms with Crippen molar-refractivity contribution in [2.24, 2.45) is 0 Å². The van der Waals surface area contributed by atoms with Gasteiger partial charge in [-0.2, -0.15) is 0 Å². The SMILES string of the molecule is CCCCCCC(C)NC(=O)c1cc(Br)ccc1O. The minimum absolute atomic E-state index is 0.0129. The van der Waals surface area contributed by atoms with Crippen molar-refractivity contribution in [3.05, 3.63) is 28.2 Å². The van der Waals surface area contributed by atoms with E-state index in [1.54, 1.807) is 12.1 Å². The Balaban J connectivity index is 2.47. The molecule has 106 valence electrons. The Morgan fingerprint density at radius 2 is 2.11 bits per heavy atom. The first-order chi connectivity index (χ1) is 9.04. The number of nitrogens with one attached hydrogen (secondary N) is 1. The number of amides is 1. The topological polar surface area (TPSA) is 49.3 Å². The normalized spacial score (nSPS) is 12.2. The molecular weight excluding hydrogens is 306 g/mol. The van der Waals surface area contributed by atoms with Gasteiger partial charge < -0.3 is 10.4 Å². The monoisotopic (exact) mass is 327 g/mol. The Bertz CT molecular complexity index is 421. The summed E-state index contributed by atoms with van der Waals surface area (Å²) >= 11 is 3.30. The number of aromatic hydroxyl groups is 1. The Kier molecular flexibility index (Phi) is 6.92. The van der Waals surface area contributed by atoms with Gasteiger partial charge in [0.05, 0.1) is 5.56 Å². The number of carbonyl (C=O) groups excluding carboxylic acids is 1. The van der Waals surface area contributed by atoms with E-state index in [-0.39, 0.29) is 17.7 Å². The van der Waals surface area contributed by atoms with Crippen molar-refractivity contribution in [3.63, 3.8) is 0 Å². The van der Waals surface area contributed by atoms with Crippen molar-refractivity contribution in [2.75, 3.05) is 0 Å². The van der Waals surface area contributed by atoms with E-state index >= 15 is 0 Å². The molecule has 4 heteroatoms. The Morgan fingerprint density at radius 3 is 2.79 bits per heavy atom. The van der Waals surface area contributed by atoms with Gasteiger partial charge in [-0.05, 0) is 31.5 Å². The average Bonchev–Trinajstić information content (AvgIpc) is 2.37. The van der Waals surface area contributed by atoms with E-state index in [1.165, 1.54) is 25.3 Å². The fraction of sp³-hybridized carbons (Fsp3) is 0.533. The summed E-state index contributed by atoms with van der Waals surface area (Å²) in [5.41, 5.74) is 0.315. The molecule has 0 saturated carbocycles. The molecule has 0 radical (unpaired) electrons. The molecule has 0 aliphatic heterocycles. The molecule has 0 aliphatic carbocycles. The Morgan fingerprint density at radius 1 is 1.37 bits per heavy atom. The third-order valence-electron chi connectivity index (χ3n) is 3.07. The van der Waals surface area contributed by atoms with Gasteiger partial charge >= 0.3 is 0 Å². The standard InChI is InChI=1S/C15H22BrNO2/c1-3-4-5-6-7-11(2)17-15(19)13-10-12(16)8-9-14(13)18/h8-11,18H,3-7H2,1-2H3,(H,17,19). The number of phenols is 1. The highest BCUT2D eigenvalue weighted by molar-refractivity contribution is 9.10. The van der Waals surface area contributed by atoms with E-state index in [1.807, 2.05) is 6.92 Å². The summed E-state index contributed by atoms with van der Waals surface area (Å²) in [5, 5.41) is 12.6. The van der Waals surface area contributed by atoms with Crippen molar-refractivity contribution in [1.82, 2.24) is 5.32 Å². The van der Waals surface area contributed by atoms with Crippen LogP contribution in [0.1, 0.15) is 56.3 Å². The van der Waals surface area contributed by atoms with Gasteiger partial charge in [0, 0.05) is 10.5 Å². The van der Waals surface area contributed by atoms with Gasteiger partial charge in [-0.3, -0.25) is 4.79 Å². The minimum atomic E-state index is -0.221. The molecule has 0 bridgehead atoms. The highest BCUT2D eigenvalue weighted by Crippen LogP contribution is 2.21. The number of rotatable bonds is 7. The summed E-state index contributed by atoms with van der Waals surface area (Å²) in [5.74, 6) is -0.208. The fourth-order valence-electron chi connectivity index (χ4n) is 1.94. The van der Waals surface area contributed by atoms with Gasteiger partial charge in [0.25, 0.3) is 5.91 Å². The molecule has 3 nitrogen and oxygen atoms in total. The quantitative estimate of drug-likeness (QED) is 0.736. The summed E-state index contributed by atoms with van der Waals surface area (Å²) in [7, 11) is 0. The lowest BCUT2D eigenvalue weighted by atomic mass is 10.1. The van der Waals surface area contributed by atoms with Gasteiger partial charge in [-0.15, -0.1) is 0 Å². The van der Waals surface area contributed by atoms with E-state index in [2.05, 4.69) is 28.2 Å². The van der Waals surface area contributed by atoms with Crippen LogP contribution in [0.25, 0.3) is 0 Å². The number of halogens is 1. The lowest BCUT2D eigenvalue weighted by Gasteiger charge is -2.14. The molecule has 1 atom stereocenters. The van der Waals surface area contributed by atoms with Crippen LogP contribution in [0.3, 0.4) is 0 Å². The first kappa shape index (κ1) is 16.0. The van der Waals surface area contributed by atoms with Crippen LogP contribution >= 0.6 is 15.9 Å². The molecule has 2 N–H and O–H groups in total. The van der Waals surface area contributed by atoms with Crippen molar-refractivity contribution < 1.29 is 9.90 Å². The third kappa shape index (κ3) is 5.64. The van der Waals surface area contributed by atoms with E-state index in [0.717, 1.165) is 17.3 Å². The van der Waals surface area contributed by atoms with E-state index in [0.29, 0.717) is 5.56 Å². The van der Waals surface area contributed by atoms with Crippen molar-refractivity contribution in [3.8, 4) is 5.75 Å². The summed E-state index contributed by atoms with van der Waals surface area (Å²) in [4.78, 5) is 12.0. The summed E-state index contributed by atoms with van der Waals surface area (Å²) < 4.78 is 0.783. The van der Waals surface area contributed by atoms with E-state index in [9.17, 15) is 9.90 Å². The van der Waals surface area contributed by atoms with Crippen molar-refractivity contribution >= 4 is 21.8 Å². The number of phenolic OH excluding ortho intramolecular Hbond substituents is 1. The molecule has 1 amide bonds. The molecule has 0 fully saturated rings. The summed E-state index contributed by atoms with van der Waals surface area (Å²) in [6.07, 6.45) is 5.76. The molecule has 1 rings (SSSR count). The molecular formula is C15H22BrNO2. The van der Waals surface area contributed by atoms with Crippen molar-refractivity contribution in [2.45, 2.75) is 52.0 Å². The zero-order valence-corrected chi connectivity index (χ0v) is 13.2. The van der Waals surface area contributed by atoms with Crippen LogP contribution in [0.5, 0.6) is 5.75 Å². The molecule has 0 saturated heterocycles. The second-order valence-electron chi connectivity index (χ2n) is 4.89. The molecule has 0 aromatic heterocycles. The lowest BCUT2D eigenvalue weighted by molar-refractivity contribution is 0.0935. The molecule has 1 aromatic rings. The zero-order chi connectivity index (χ0) is 14.3. The van der Waals surface area contributed by atoms with Gasteiger partial charge in [0.15, 0.2) is 0 Å². The minimum Gasteiger partial charge on any atom is -0.507 e. The predicted octanol–water partition coefficient (Wildman–Crippen LogP) is 4.24. The zero-order valence-electron chi connectivity index (χ0n) is 11.6. The maximum atomic E-state index is 12.0. The van der Waals surface area contributed by atoms with Gasteiger partial charge in [0.1, 0.15) is 5.75 Å². The molecule has 0 aliphatic rings. The van der Waals surface area contributed by atoms with E-state index in [4.69, 9.17) is 0 Å². The second kappa shape index (κ2) is 8.20. The average molecular weight is 328 g/mol. The highest BCUT2D eigenvalue weighted by atomic mass is 79.9. The number of hydrogen-bond donors (Lipinski definition) is 2. The smallest absolute Gasteiger partial charge is 0.255 e. The summed E-state index contributed by atoms with van der Waals surface area (Å²) in [6, 6.07) is 4.99. The van der Waals surface area contributed by atoms with Crippen LogP contribution in [-0.4, -0.2) is 17.1 Å². The predicted molar refractivity (Wildman–Crippen MR) is 81.5 cm³/mol. The van der Waals surface area contributed by atoms with Gasteiger partial charge in [0.2, 0.25) is 0 Å². The molecule has 1 aromatic carbocycles. The molecule has 19 heavy (non-hydrogen) atoms. The van der Waals surface area contributed by atoms with Crippen LogP contribution in [-0.2, 0) is 0 Å².